The van der Waals surface area contributed by atoms with Crippen LogP contribution in [0.1, 0.15) is 40.7 Å². The largest absolute Gasteiger partial charge is 0.481 e. The highest BCUT2D eigenvalue weighted by Gasteiger charge is 2.18. The molecule has 0 bridgehead atoms. The molecule has 7 nitrogen and oxygen atoms in total. The predicted octanol–water partition coefficient (Wildman–Crippen LogP) is 1.51. The topological polar surface area (TPSA) is 95.9 Å². The van der Waals surface area contributed by atoms with E-state index in [9.17, 15) is 14.4 Å². The van der Waals surface area contributed by atoms with Gasteiger partial charge in [0, 0.05) is 18.7 Å². The Balaban J connectivity index is 1.97. The van der Waals surface area contributed by atoms with Crippen molar-refractivity contribution in [2.45, 2.75) is 33.1 Å². The van der Waals surface area contributed by atoms with E-state index in [1.807, 2.05) is 0 Å². The molecule has 0 spiro atoms. The molecule has 1 aromatic rings. The number of carboxylic acid groups (broad SMARTS) is 1. The van der Waals surface area contributed by atoms with Crippen molar-refractivity contribution >= 4 is 17.8 Å². The summed E-state index contributed by atoms with van der Waals surface area (Å²) in [4.78, 5) is 36.8. The average Bonchev–Trinajstić information content (AvgIpc) is 2.59. The van der Waals surface area contributed by atoms with Gasteiger partial charge in [0.2, 0.25) is 5.91 Å². The van der Waals surface area contributed by atoms with Gasteiger partial charge < -0.3 is 20.1 Å². The standard InChI is InChI=1S/C18H24N2O5/c1-12-8-14(9-13(2)17(12)25-11-16(22)23)18(24)19-10-15(21)20-6-4-3-5-7-20/h8-9H,3-7,10-11H2,1-2H3,(H,19,24)(H,22,23). The summed E-state index contributed by atoms with van der Waals surface area (Å²) in [5.74, 6) is -0.996. The van der Waals surface area contributed by atoms with Gasteiger partial charge in [0.05, 0.1) is 6.54 Å². The van der Waals surface area contributed by atoms with Crippen LogP contribution in [0, 0.1) is 13.8 Å². The number of piperidine rings is 1. The van der Waals surface area contributed by atoms with Crippen LogP contribution in [0.25, 0.3) is 0 Å². The number of carbonyl (C=O) groups excluding carboxylic acids is 2. The summed E-state index contributed by atoms with van der Waals surface area (Å²) in [5, 5.41) is 11.4. The lowest BCUT2D eigenvalue weighted by molar-refractivity contribution is -0.139. The number of amides is 2. The van der Waals surface area contributed by atoms with Crippen molar-refractivity contribution in [1.82, 2.24) is 10.2 Å². The molecule has 0 unspecified atom stereocenters. The van der Waals surface area contributed by atoms with E-state index in [4.69, 9.17) is 9.84 Å². The molecule has 25 heavy (non-hydrogen) atoms. The van der Waals surface area contributed by atoms with Crippen molar-refractivity contribution in [2.24, 2.45) is 0 Å². The van der Waals surface area contributed by atoms with Gasteiger partial charge in [-0.2, -0.15) is 0 Å². The van der Waals surface area contributed by atoms with Crippen LogP contribution in [0.15, 0.2) is 12.1 Å². The molecule has 136 valence electrons. The second kappa shape index (κ2) is 8.50. The molecular weight excluding hydrogens is 324 g/mol. The Morgan fingerprint density at radius 3 is 2.28 bits per heavy atom. The van der Waals surface area contributed by atoms with Crippen LogP contribution < -0.4 is 10.1 Å². The Morgan fingerprint density at radius 1 is 1.12 bits per heavy atom. The molecule has 7 heteroatoms. The molecule has 0 atom stereocenters. The van der Waals surface area contributed by atoms with Crippen molar-refractivity contribution in [3.05, 3.63) is 28.8 Å². The van der Waals surface area contributed by atoms with E-state index < -0.39 is 12.6 Å². The first-order valence-corrected chi connectivity index (χ1v) is 8.40. The molecule has 1 saturated heterocycles. The van der Waals surface area contributed by atoms with E-state index in [2.05, 4.69) is 5.32 Å². The van der Waals surface area contributed by atoms with Crippen LogP contribution in [0.5, 0.6) is 5.75 Å². The summed E-state index contributed by atoms with van der Waals surface area (Å²) in [6.07, 6.45) is 3.16. The van der Waals surface area contributed by atoms with Crippen LogP contribution in [-0.2, 0) is 9.59 Å². The number of aryl methyl sites for hydroxylation is 2. The Labute approximate surface area is 147 Å². The zero-order valence-electron chi connectivity index (χ0n) is 14.6. The van der Waals surface area contributed by atoms with Crippen molar-refractivity contribution in [3.8, 4) is 5.75 Å². The lowest BCUT2D eigenvalue weighted by Crippen LogP contribution is -2.42. The molecular formula is C18H24N2O5. The van der Waals surface area contributed by atoms with Gasteiger partial charge >= 0.3 is 5.97 Å². The van der Waals surface area contributed by atoms with Gasteiger partial charge in [0.25, 0.3) is 5.91 Å². The number of rotatable bonds is 6. The first-order chi connectivity index (χ1) is 11.9. The fraction of sp³-hybridized carbons (Fsp3) is 0.500. The van der Waals surface area contributed by atoms with Gasteiger partial charge in [-0.3, -0.25) is 9.59 Å². The number of carbonyl (C=O) groups is 3. The predicted molar refractivity (Wildman–Crippen MR) is 91.8 cm³/mol. The molecule has 2 N–H and O–H groups in total. The van der Waals surface area contributed by atoms with E-state index in [0.29, 0.717) is 22.4 Å². The van der Waals surface area contributed by atoms with Crippen LogP contribution in [0.2, 0.25) is 0 Å². The zero-order chi connectivity index (χ0) is 18.4. The summed E-state index contributed by atoms with van der Waals surface area (Å²) >= 11 is 0. The fourth-order valence-electron chi connectivity index (χ4n) is 2.96. The summed E-state index contributed by atoms with van der Waals surface area (Å²) in [6.45, 7) is 4.55. The number of hydrogen-bond donors (Lipinski definition) is 2. The molecule has 0 saturated carbocycles. The molecule has 1 aliphatic heterocycles. The van der Waals surface area contributed by atoms with Crippen molar-refractivity contribution in [1.29, 1.82) is 0 Å². The monoisotopic (exact) mass is 348 g/mol. The summed E-state index contributed by atoms with van der Waals surface area (Å²) in [7, 11) is 0. The first kappa shape index (κ1) is 18.8. The SMILES string of the molecule is Cc1cc(C(=O)NCC(=O)N2CCCCC2)cc(C)c1OCC(=O)O. The zero-order valence-corrected chi connectivity index (χ0v) is 14.6. The second-order valence-corrected chi connectivity index (χ2v) is 6.25. The van der Waals surface area contributed by atoms with Gasteiger partial charge in [-0.25, -0.2) is 4.79 Å². The maximum absolute atomic E-state index is 12.3. The number of carboxylic acids is 1. The number of likely N-dealkylation sites (tertiary alicyclic amines) is 1. The van der Waals surface area contributed by atoms with Crippen molar-refractivity contribution < 1.29 is 24.2 Å². The highest BCUT2D eigenvalue weighted by Crippen LogP contribution is 2.24. The maximum Gasteiger partial charge on any atom is 0.341 e. The van der Waals surface area contributed by atoms with E-state index >= 15 is 0 Å². The van der Waals surface area contributed by atoms with Crippen LogP contribution in [0.3, 0.4) is 0 Å². The van der Waals surface area contributed by atoms with Gasteiger partial charge in [-0.05, 0) is 56.4 Å². The van der Waals surface area contributed by atoms with E-state index in [1.54, 1.807) is 30.9 Å². The highest BCUT2D eigenvalue weighted by atomic mass is 16.5. The average molecular weight is 348 g/mol. The molecule has 0 aliphatic carbocycles. The molecule has 1 heterocycles. The molecule has 1 fully saturated rings. The summed E-state index contributed by atoms with van der Waals surface area (Å²) in [5.41, 5.74) is 1.77. The third-order valence-electron chi connectivity index (χ3n) is 4.17. The van der Waals surface area contributed by atoms with Gasteiger partial charge in [0.1, 0.15) is 5.75 Å². The van der Waals surface area contributed by atoms with Crippen LogP contribution >= 0.6 is 0 Å². The molecule has 0 aromatic heterocycles. The number of ether oxygens (including phenoxy) is 1. The number of aliphatic carboxylic acids is 1. The number of nitrogens with one attached hydrogen (secondary N) is 1. The third kappa shape index (κ3) is 5.20. The molecule has 2 amide bonds. The van der Waals surface area contributed by atoms with Gasteiger partial charge in [-0.15, -0.1) is 0 Å². The normalized spacial score (nSPS) is 14.1. The van der Waals surface area contributed by atoms with E-state index in [0.717, 1.165) is 32.4 Å². The Bertz CT molecular complexity index is 642. The molecule has 1 aromatic carbocycles. The smallest absolute Gasteiger partial charge is 0.341 e. The van der Waals surface area contributed by atoms with E-state index in [1.165, 1.54) is 0 Å². The van der Waals surface area contributed by atoms with Crippen molar-refractivity contribution in [2.75, 3.05) is 26.2 Å². The Morgan fingerprint density at radius 2 is 1.72 bits per heavy atom. The fourth-order valence-corrected chi connectivity index (χ4v) is 2.96. The maximum atomic E-state index is 12.3. The summed E-state index contributed by atoms with van der Waals surface area (Å²) < 4.78 is 5.25. The quantitative estimate of drug-likeness (QED) is 0.812. The van der Waals surface area contributed by atoms with Gasteiger partial charge in [-0.1, -0.05) is 0 Å². The van der Waals surface area contributed by atoms with E-state index in [-0.39, 0.29) is 18.4 Å². The molecule has 0 radical (unpaired) electrons. The van der Waals surface area contributed by atoms with Crippen LogP contribution in [0.4, 0.5) is 0 Å². The minimum absolute atomic E-state index is 0.0196. The number of benzene rings is 1. The molecule has 2 rings (SSSR count). The number of hydrogen-bond acceptors (Lipinski definition) is 4. The Kier molecular flexibility index (Phi) is 6.38. The minimum Gasteiger partial charge on any atom is -0.481 e. The van der Waals surface area contributed by atoms with Crippen LogP contribution in [-0.4, -0.2) is 54.0 Å². The lowest BCUT2D eigenvalue weighted by atomic mass is 10.1. The first-order valence-electron chi connectivity index (χ1n) is 8.40. The third-order valence-corrected chi connectivity index (χ3v) is 4.17. The summed E-state index contributed by atoms with van der Waals surface area (Å²) in [6, 6.07) is 3.26. The number of nitrogens with zero attached hydrogens (tertiary/aromatic N) is 1. The van der Waals surface area contributed by atoms with Crippen molar-refractivity contribution in [3.63, 3.8) is 0 Å². The Hall–Kier alpha value is -2.57. The highest BCUT2D eigenvalue weighted by molar-refractivity contribution is 5.97. The molecule has 1 aliphatic rings. The minimum atomic E-state index is -1.06. The second-order valence-electron chi connectivity index (χ2n) is 6.25. The lowest BCUT2D eigenvalue weighted by Gasteiger charge is -2.26. The van der Waals surface area contributed by atoms with Gasteiger partial charge in [0.15, 0.2) is 6.61 Å².